The molecule has 0 amide bonds. The number of benzene rings is 2. The Morgan fingerprint density at radius 1 is 0.982 bits per heavy atom. The second-order valence-corrected chi connectivity index (χ2v) is 16.3. The van der Waals surface area contributed by atoms with Crippen molar-refractivity contribution in [2.75, 3.05) is 40.0 Å². The highest BCUT2D eigenvalue weighted by molar-refractivity contribution is 7.13. The maximum Gasteiger partial charge on any atom is 0.387 e. The molecule has 0 radical (unpaired) electrons. The van der Waals surface area contributed by atoms with Crippen LogP contribution in [0.1, 0.15) is 68.9 Å². The number of methoxy groups -OCH3 is 1. The third-order valence-corrected chi connectivity index (χ3v) is 12.3. The summed E-state index contributed by atoms with van der Waals surface area (Å²) in [5.41, 5.74) is 1.91. The highest BCUT2D eigenvalue weighted by Crippen LogP contribution is 2.38. The first kappa shape index (κ1) is 40.2. The van der Waals surface area contributed by atoms with E-state index in [2.05, 4.69) is 15.2 Å². The number of aromatic nitrogens is 1. The molecule has 2 bridgehead atoms. The molecule has 4 aliphatic rings. The molecule has 0 spiro atoms. The van der Waals surface area contributed by atoms with E-state index in [4.69, 9.17) is 46.9 Å². The fourth-order valence-electron chi connectivity index (χ4n) is 7.25. The summed E-state index contributed by atoms with van der Waals surface area (Å²) in [4.78, 5) is 34.9. The minimum Gasteiger partial charge on any atom is -0.496 e. The summed E-state index contributed by atoms with van der Waals surface area (Å²) >= 11 is 14.2. The molecule has 298 valence electrons. The number of hydrogen-bond acceptors (Lipinski definition) is 11. The zero-order chi connectivity index (χ0) is 39.2. The van der Waals surface area contributed by atoms with Crippen LogP contribution in [0.25, 0.3) is 0 Å². The Hall–Kier alpha value is -4.01. The van der Waals surface area contributed by atoms with Crippen LogP contribution in [0.3, 0.4) is 0 Å². The number of nitrogens with one attached hydrogen (secondary N) is 1. The number of piperidine rings is 3. The van der Waals surface area contributed by atoms with Crippen molar-refractivity contribution < 1.29 is 42.1 Å². The zero-order valence-electron chi connectivity index (χ0n) is 30.8. The van der Waals surface area contributed by atoms with Crippen molar-refractivity contribution in [3.63, 3.8) is 0 Å². The molecule has 1 saturated carbocycles. The summed E-state index contributed by atoms with van der Waals surface area (Å²) in [5.74, 6) is -0.0478. The van der Waals surface area contributed by atoms with Crippen LogP contribution >= 0.6 is 34.5 Å². The number of nitrogens with zero attached hydrogens (tertiary/aromatic N) is 2. The molecule has 1 N–H and O–H groups in total. The topological polar surface area (TPSA) is 108 Å². The molecule has 5 heterocycles. The van der Waals surface area contributed by atoms with Crippen LogP contribution in [0, 0.1) is 11.8 Å². The fourth-order valence-corrected chi connectivity index (χ4v) is 8.62. The number of thiophene rings is 1. The van der Waals surface area contributed by atoms with Gasteiger partial charge < -0.3 is 23.7 Å². The van der Waals surface area contributed by atoms with Crippen molar-refractivity contribution in [1.82, 2.24) is 15.2 Å². The molecule has 3 aliphatic heterocycles. The average molecular weight is 831 g/mol. The minimum atomic E-state index is -3.03. The normalized spacial score (nSPS) is 20.0. The van der Waals surface area contributed by atoms with E-state index in [9.17, 15) is 18.4 Å². The summed E-state index contributed by atoms with van der Waals surface area (Å²) in [5, 5.41) is 4.03. The molecule has 3 saturated heterocycles. The van der Waals surface area contributed by atoms with Crippen LogP contribution in [0.5, 0.6) is 17.2 Å². The number of rotatable bonds is 18. The Kier molecular flexibility index (Phi) is 13.3. The van der Waals surface area contributed by atoms with E-state index in [-0.39, 0.29) is 43.1 Å². The van der Waals surface area contributed by atoms with Crippen LogP contribution < -0.4 is 19.5 Å². The van der Waals surface area contributed by atoms with Gasteiger partial charge in [0.2, 0.25) is 0 Å². The summed E-state index contributed by atoms with van der Waals surface area (Å²) in [6.07, 6.45) is 7.11. The van der Waals surface area contributed by atoms with Gasteiger partial charge in [-0.3, -0.25) is 15.2 Å². The van der Waals surface area contributed by atoms with Crippen LogP contribution in [0.4, 0.5) is 8.78 Å². The van der Waals surface area contributed by atoms with Gasteiger partial charge in [-0.1, -0.05) is 47.5 Å². The molecule has 2 aromatic heterocycles. The Bertz CT molecular complexity index is 1970. The number of fused-ring (bicyclic) bond motifs is 3. The standard InChI is InChI=1S/C41H43Cl2F2N3O7S/c1-51-33-5-3-2-4-29(33)38(40(50)54-36-21-48-14-12-25(36)13-15-48)47-18-28-9-11-37(56-28)39(49)53-23-27(16-30-31(42)19-46-20-32(30)43)26-8-10-34(55-41(44)45)35(17-26)52-22-24-6-7-24/h2-5,8-11,17,19-20,24-25,27,36,38,41,47H,6-7,12-16,18,21-23H2,1H3/t27-,36+,38?/m1/s1. The summed E-state index contributed by atoms with van der Waals surface area (Å²) in [6, 6.07) is 14.7. The van der Waals surface area contributed by atoms with Gasteiger partial charge in [0.1, 0.15) is 22.8 Å². The number of hydrogen-bond donors (Lipinski definition) is 1. The Morgan fingerprint density at radius 3 is 2.45 bits per heavy atom. The molecule has 1 aliphatic carbocycles. The summed E-state index contributed by atoms with van der Waals surface area (Å²) in [7, 11) is 1.56. The van der Waals surface area contributed by atoms with Crippen molar-refractivity contribution in [2.45, 2.75) is 63.3 Å². The van der Waals surface area contributed by atoms with Gasteiger partial charge in [-0.15, -0.1) is 11.3 Å². The molecule has 15 heteroatoms. The van der Waals surface area contributed by atoms with E-state index < -0.39 is 24.5 Å². The first-order valence-corrected chi connectivity index (χ1v) is 20.3. The van der Waals surface area contributed by atoms with Gasteiger partial charge in [0.25, 0.3) is 0 Å². The second-order valence-electron chi connectivity index (χ2n) is 14.4. The van der Waals surface area contributed by atoms with Crippen LogP contribution in [0.15, 0.2) is 67.0 Å². The summed E-state index contributed by atoms with van der Waals surface area (Å²) < 4.78 is 54.8. The van der Waals surface area contributed by atoms with E-state index >= 15 is 0 Å². The first-order valence-electron chi connectivity index (χ1n) is 18.7. The van der Waals surface area contributed by atoms with E-state index in [1.807, 2.05) is 30.3 Å². The molecule has 3 atom stereocenters. The number of pyridine rings is 1. The van der Waals surface area contributed by atoms with Gasteiger partial charge in [0, 0.05) is 41.8 Å². The number of esters is 2. The van der Waals surface area contributed by atoms with Crippen LogP contribution in [0.2, 0.25) is 10.0 Å². The average Bonchev–Trinajstić information content (AvgIpc) is 3.91. The molecule has 10 nitrogen and oxygen atoms in total. The predicted octanol–water partition coefficient (Wildman–Crippen LogP) is 8.50. The molecule has 8 rings (SSSR count). The second kappa shape index (κ2) is 18.5. The Balaban J connectivity index is 1.05. The maximum absolute atomic E-state index is 13.8. The van der Waals surface area contributed by atoms with Gasteiger partial charge in [-0.25, -0.2) is 9.59 Å². The van der Waals surface area contributed by atoms with Crippen molar-refractivity contribution in [3.05, 3.63) is 103 Å². The van der Waals surface area contributed by atoms with Crippen molar-refractivity contribution in [2.24, 2.45) is 11.8 Å². The number of carbonyl (C=O) groups is 2. The zero-order valence-corrected chi connectivity index (χ0v) is 33.1. The van der Waals surface area contributed by atoms with Crippen molar-refractivity contribution >= 4 is 46.5 Å². The van der Waals surface area contributed by atoms with E-state index in [0.29, 0.717) is 55.8 Å². The Labute approximate surface area is 338 Å². The van der Waals surface area contributed by atoms with Gasteiger partial charge in [-0.2, -0.15) is 8.78 Å². The monoisotopic (exact) mass is 829 g/mol. The number of halogens is 4. The van der Waals surface area contributed by atoms with Gasteiger partial charge >= 0.3 is 18.6 Å². The summed E-state index contributed by atoms with van der Waals surface area (Å²) in [6.45, 7) is 0.339. The molecule has 1 unspecified atom stereocenters. The van der Waals surface area contributed by atoms with Gasteiger partial charge in [0.05, 0.1) is 30.4 Å². The Morgan fingerprint density at radius 2 is 1.75 bits per heavy atom. The highest BCUT2D eigenvalue weighted by atomic mass is 35.5. The third kappa shape index (κ3) is 10.1. The maximum atomic E-state index is 13.8. The van der Waals surface area contributed by atoms with Crippen LogP contribution in [-0.4, -0.2) is 74.5 Å². The molecule has 4 aromatic rings. The van der Waals surface area contributed by atoms with Gasteiger partial charge in [0.15, 0.2) is 11.5 Å². The van der Waals surface area contributed by atoms with E-state index in [1.165, 1.54) is 29.8 Å². The molecular formula is C41H43Cl2F2N3O7S. The van der Waals surface area contributed by atoms with E-state index in [1.54, 1.807) is 25.3 Å². The highest BCUT2D eigenvalue weighted by Gasteiger charge is 2.38. The largest absolute Gasteiger partial charge is 0.496 e. The smallest absolute Gasteiger partial charge is 0.387 e. The van der Waals surface area contributed by atoms with Crippen LogP contribution in [-0.2, 0) is 27.2 Å². The lowest BCUT2D eigenvalue weighted by atomic mass is 9.86. The first-order chi connectivity index (χ1) is 27.1. The molecular weight excluding hydrogens is 787 g/mol. The minimum absolute atomic E-state index is 0.0833. The number of para-hydroxylation sites is 1. The quantitative estimate of drug-likeness (QED) is 0.0982. The predicted molar refractivity (Wildman–Crippen MR) is 208 cm³/mol. The van der Waals surface area contributed by atoms with Crippen molar-refractivity contribution in [1.29, 1.82) is 0 Å². The van der Waals surface area contributed by atoms with Gasteiger partial charge in [-0.05, 0) is 98.5 Å². The fraction of sp³-hybridized carbons (Fsp3) is 0.439. The number of carbonyl (C=O) groups excluding carboxylic acids is 2. The van der Waals surface area contributed by atoms with E-state index in [0.717, 1.165) is 50.2 Å². The molecule has 2 aromatic carbocycles. The SMILES string of the molecule is COc1ccccc1C(NCc1ccc(C(=O)OC[C@@H](Cc2c(Cl)cncc2Cl)c2ccc(OC(F)F)c(OCC3CC3)c2)s1)C(=O)O[C@H]1CN2CCC1CC2. The lowest BCUT2D eigenvalue weighted by Crippen LogP contribution is -2.52. The molecule has 4 fully saturated rings. The third-order valence-electron chi connectivity index (χ3n) is 10.5. The van der Waals surface area contributed by atoms with Crippen molar-refractivity contribution in [3.8, 4) is 17.2 Å². The molecule has 56 heavy (non-hydrogen) atoms. The lowest BCUT2D eigenvalue weighted by molar-refractivity contribution is -0.161. The lowest BCUT2D eigenvalue weighted by Gasteiger charge is -2.44. The number of ether oxygens (including phenoxy) is 5. The number of alkyl halides is 2.